The highest BCUT2D eigenvalue weighted by molar-refractivity contribution is 5.63. The second-order valence-electron chi connectivity index (χ2n) is 7.24. The van der Waals surface area contributed by atoms with E-state index in [0.717, 1.165) is 23.1 Å². The number of fused-ring (bicyclic) bond motifs is 1. The van der Waals surface area contributed by atoms with Gasteiger partial charge < -0.3 is 9.69 Å². The van der Waals surface area contributed by atoms with Crippen molar-refractivity contribution in [3.8, 4) is 0 Å². The van der Waals surface area contributed by atoms with Crippen LogP contribution >= 0.6 is 0 Å². The zero-order valence-electron chi connectivity index (χ0n) is 15.5. The number of hydrogen-bond acceptors (Lipinski definition) is 2. The lowest BCUT2D eigenvalue weighted by molar-refractivity contribution is -0.108. The van der Waals surface area contributed by atoms with Gasteiger partial charge >= 0.3 is 0 Å². The van der Waals surface area contributed by atoms with Crippen molar-refractivity contribution in [1.29, 1.82) is 0 Å². The van der Waals surface area contributed by atoms with Gasteiger partial charge in [0.25, 0.3) is 0 Å². The molecule has 0 saturated heterocycles. The van der Waals surface area contributed by atoms with Crippen molar-refractivity contribution in [1.82, 2.24) is 0 Å². The van der Waals surface area contributed by atoms with Gasteiger partial charge in [-0.1, -0.05) is 17.7 Å². The van der Waals surface area contributed by atoms with Crippen molar-refractivity contribution in [3.05, 3.63) is 64.0 Å². The van der Waals surface area contributed by atoms with Crippen LogP contribution in [0.5, 0.6) is 0 Å². The van der Waals surface area contributed by atoms with Crippen LogP contribution in [0.4, 0.5) is 27.6 Å². The Balaban J connectivity index is 1.89. The first-order valence-electron chi connectivity index (χ1n) is 9.08. The van der Waals surface area contributed by atoms with Gasteiger partial charge in [0.05, 0.1) is 0 Å². The van der Waals surface area contributed by atoms with Crippen molar-refractivity contribution >= 4 is 12.0 Å². The molecule has 2 atom stereocenters. The van der Waals surface area contributed by atoms with Crippen LogP contribution in [-0.2, 0) is 17.6 Å². The van der Waals surface area contributed by atoms with Crippen LogP contribution < -0.4 is 4.90 Å². The highest BCUT2D eigenvalue weighted by Crippen LogP contribution is 2.37. The smallest absolute Gasteiger partial charge is 0.200 e. The highest BCUT2D eigenvalue weighted by atomic mass is 19.2. The number of aryl methyl sites for hydroxylation is 1. The number of anilines is 1. The van der Waals surface area contributed by atoms with E-state index in [2.05, 4.69) is 0 Å². The Morgan fingerprint density at radius 1 is 1.07 bits per heavy atom. The fourth-order valence-corrected chi connectivity index (χ4v) is 3.95. The van der Waals surface area contributed by atoms with E-state index < -0.39 is 34.6 Å². The van der Waals surface area contributed by atoms with E-state index in [9.17, 15) is 26.7 Å². The van der Waals surface area contributed by atoms with Gasteiger partial charge in [-0.05, 0) is 44.7 Å². The van der Waals surface area contributed by atoms with Crippen molar-refractivity contribution in [2.75, 3.05) is 4.90 Å². The lowest BCUT2D eigenvalue weighted by atomic mass is 9.99. The first-order chi connectivity index (χ1) is 13.3. The van der Waals surface area contributed by atoms with E-state index in [1.807, 2.05) is 36.9 Å². The predicted octanol–water partition coefficient (Wildman–Crippen LogP) is 5.03. The van der Waals surface area contributed by atoms with Crippen molar-refractivity contribution in [2.24, 2.45) is 0 Å². The Bertz CT molecular complexity index is 885. The third-order valence-electron chi connectivity index (χ3n) is 5.30. The maximum absolute atomic E-state index is 14.0. The molecular formula is C21H20F5NO. The number of rotatable bonds is 6. The topological polar surface area (TPSA) is 20.3 Å². The van der Waals surface area contributed by atoms with Gasteiger partial charge in [-0.2, -0.15) is 0 Å². The SMILES string of the molecule is Cc1ccc2c(c1)CC(CCc1c(F)c(F)c(F)c(F)c1F)N2C(C)CC=O. The van der Waals surface area contributed by atoms with Gasteiger partial charge in [-0.3, -0.25) is 0 Å². The van der Waals surface area contributed by atoms with E-state index in [1.165, 1.54) is 0 Å². The number of halogens is 5. The molecule has 0 fully saturated rings. The summed E-state index contributed by atoms with van der Waals surface area (Å²) >= 11 is 0. The average molecular weight is 397 g/mol. The van der Waals surface area contributed by atoms with Crippen molar-refractivity contribution in [2.45, 2.75) is 51.6 Å². The first kappa shape index (κ1) is 20.3. The van der Waals surface area contributed by atoms with Gasteiger partial charge in [-0.25, -0.2) is 22.0 Å². The monoisotopic (exact) mass is 397 g/mol. The normalized spacial score (nSPS) is 17.0. The van der Waals surface area contributed by atoms with Crippen LogP contribution in [0.2, 0.25) is 0 Å². The third-order valence-corrected chi connectivity index (χ3v) is 5.30. The van der Waals surface area contributed by atoms with E-state index in [4.69, 9.17) is 0 Å². The summed E-state index contributed by atoms with van der Waals surface area (Å²) in [5.41, 5.74) is 2.23. The second-order valence-corrected chi connectivity index (χ2v) is 7.24. The Kier molecular flexibility index (Phi) is 5.72. The molecule has 0 saturated carbocycles. The molecule has 0 radical (unpaired) electrons. The summed E-state index contributed by atoms with van der Waals surface area (Å²) in [4.78, 5) is 13.0. The van der Waals surface area contributed by atoms with E-state index >= 15 is 0 Å². The number of hydrogen-bond donors (Lipinski definition) is 0. The highest BCUT2D eigenvalue weighted by Gasteiger charge is 2.33. The summed E-state index contributed by atoms with van der Waals surface area (Å²) in [5, 5.41) is 0. The minimum Gasteiger partial charge on any atom is -0.365 e. The number of carbonyl (C=O) groups is 1. The minimum absolute atomic E-state index is 0.150. The van der Waals surface area contributed by atoms with Gasteiger partial charge in [0.1, 0.15) is 6.29 Å². The molecule has 7 heteroatoms. The fraction of sp³-hybridized carbons (Fsp3) is 0.381. The van der Waals surface area contributed by atoms with Crippen LogP contribution in [0, 0.1) is 36.0 Å². The Labute approximate surface area is 160 Å². The molecule has 0 amide bonds. The predicted molar refractivity (Wildman–Crippen MR) is 95.8 cm³/mol. The average Bonchev–Trinajstić information content (AvgIpc) is 3.02. The number of benzene rings is 2. The second kappa shape index (κ2) is 7.89. The summed E-state index contributed by atoms with van der Waals surface area (Å²) in [6.07, 6.45) is 1.54. The molecule has 2 nitrogen and oxygen atoms in total. The molecule has 0 N–H and O–H groups in total. The molecule has 150 valence electrons. The van der Waals surface area contributed by atoms with Gasteiger partial charge in [-0.15, -0.1) is 0 Å². The van der Waals surface area contributed by atoms with Crippen molar-refractivity contribution < 1.29 is 26.7 Å². The van der Waals surface area contributed by atoms with Crippen LogP contribution in [0.25, 0.3) is 0 Å². The van der Waals surface area contributed by atoms with Gasteiger partial charge in [0.2, 0.25) is 5.82 Å². The first-order valence-corrected chi connectivity index (χ1v) is 9.08. The molecule has 0 spiro atoms. The fourth-order valence-electron chi connectivity index (χ4n) is 3.95. The molecule has 0 bridgehead atoms. The van der Waals surface area contributed by atoms with Crippen LogP contribution in [0.15, 0.2) is 18.2 Å². The Morgan fingerprint density at radius 3 is 2.29 bits per heavy atom. The van der Waals surface area contributed by atoms with Crippen LogP contribution in [0.1, 0.15) is 36.5 Å². The summed E-state index contributed by atoms with van der Waals surface area (Å²) < 4.78 is 68.1. The zero-order chi connectivity index (χ0) is 20.6. The lowest BCUT2D eigenvalue weighted by Gasteiger charge is -2.33. The third kappa shape index (κ3) is 3.50. The molecule has 2 aromatic carbocycles. The summed E-state index contributed by atoms with van der Waals surface area (Å²) in [5.74, 6) is -9.56. The molecule has 0 aliphatic carbocycles. The van der Waals surface area contributed by atoms with Crippen LogP contribution in [-0.4, -0.2) is 18.4 Å². The molecule has 2 unspecified atom stereocenters. The number of nitrogens with zero attached hydrogens (tertiary/aromatic N) is 1. The Hall–Kier alpha value is -2.44. The van der Waals surface area contributed by atoms with E-state index in [0.29, 0.717) is 6.42 Å². The Morgan fingerprint density at radius 2 is 1.68 bits per heavy atom. The minimum atomic E-state index is -2.15. The molecule has 1 aliphatic heterocycles. The largest absolute Gasteiger partial charge is 0.365 e. The quantitative estimate of drug-likeness (QED) is 0.295. The molecule has 28 heavy (non-hydrogen) atoms. The van der Waals surface area contributed by atoms with E-state index in [1.54, 1.807) is 0 Å². The van der Waals surface area contributed by atoms with Crippen LogP contribution in [0.3, 0.4) is 0 Å². The maximum Gasteiger partial charge on any atom is 0.200 e. The molecule has 2 aromatic rings. The summed E-state index contributed by atoms with van der Waals surface area (Å²) in [6, 6.07) is 5.52. The molecular weight excluding hydrogens is 377 g/mol. The zero-order valence-corrected chi connectivity index (χ0v) is 15.5. The molecule has 1 aliphatic rings. The van der Waals surface area contributed by atoms with Gasteiger partial charge in [0, 0.05) is 29.8 Å². The molecule has 3 rings (SSSR count). The molecule has 1 heterocycles. The summed E-state index contributed by atoms with van der Waals surface area (Å²) in [6.45, 7) is 3.82. The standard InChI is InChI=1S/C21H20F5NO/c1-11-3-6-16-13(9-11)10-14(27(16)12(2)7-8-28)4-5-15-17(22)19(24)21(26)20(25)18(15)23/h3,6,8-9,12,14H,4-5,7,10H2,1-2H3. The van der Waals surface area contributed by atoms with Gasteiger partial charge in [0.15, 0.2) is 23.3 Å². The maximum atomic E-state index is 14.0. The number of carbonyl (C=O) groups excluding carboxylic acids is 1. The van der Waals surface area contributed by atoms with Crippen molar-refractivity contribution in [3.63, 3.8) is 0 Å². The number of aldehydes is 1. The summed E-state index contributed by atoms with van der Waals surface area (Å²) in [7, 11) is 0. The molecule has 0 aromatic heterocycles. The lowest BCUT2D eigenvalue weighted by Crippen LogP contribution is -2.40. The van der Waals surface area contributed by atoms with E-state index in [-0.39, 0.29) is 31.3 Å².